The summed E-state index contributed by atoms with van der Waals surface area (Å²) in [6, 6.07) is 15.5. The normalized spacial score (nSPS) is 13.4. The Hall–Kier alpha value is -2.88. The van der Waals surface area contributed by atoms with Gasteiger partial charge in [-0.2, -0.15) is 0 Å². The summed E-state index contributed by atoms with van der Waals surface area (Å²) >= 11 is 0. The average molecular weight is 331 g/mol. The van der Waals surface area contributed by atoms with Crippen molar-refractivity contribution in [3.63, 3.8) is 0 Å². The van der Waals surface area contributed by atoms with Gasteiger partial charge in [-0.25, -0.2) is 0 Å². The molecule has 1 heterocycles. The highest BCUT2D eigenvalue weighted by atomic mass is 16.1. The molecule has 0 bridgehead atoms. The van der Waals surface area contributed by atoms with Crippen molar-refractivity contribution in [1.29, 1.82) is 0 Å². The highest BCUT2D eigenvalue weighted by molar-refractivity contribution is 5.98. The van der Waals surface area contributed by atoms with Crippen LogP contribution in [0.1, 0.15) is 29.7 Å². The number of benzene rings is 2. The lowest BCUT2D eigenvalue weighted by atomic mass is 9.93. The number of pyridine rings is 1. The Kier molecular flexibility index (Phi) is 4.10. The zero-order valence-electron chi connectivity index (χ0n) is 14.1. The number of amides is 1. The Morgan fingerprint density at radius 2 is 1.88 bits per heavy atom. The number of hydrogen-bond acceptors (Lipinski definition) is 3. The molecule has 3 N–H and O–H groups in total. The quantitative estimate of drug-likeness (QED) is 0.765. The summed E-state index contributed by atoms with van der Waals surface area (Å²) in [5.74, 6) is -0.0324. The van der Waals surface area contributed by atoms with E-state index in [1.807, 2.05) is 48.5 Å². The largest absolute Gasteiger partial charge is 0.398 e. The van der Waals surface area contributed by atoms with Gasteiger partial charge in [0.1, 0.15) is 0 Å². The van der Waals surface area contributed by atoms with Crippen LogP contribution in [0.3, 0.4) is 0 Å². The molecule has 126 valence electrons. The molecule has 0 atom stereocenters. The zero-order chi connectivity index (χ0) is 17.2. The van der Waals surface area contributed by atoms with E-state index in [0.29, 0.717) is 6.42 Å². The van der Waals surface area contributed by atoms with Gasteiger partial charge in [-0.05, 0) is 55.0 Å². The summed E-state index contributed by atoms with van der Waals surface area (Å²) in [6.07, 6.45) is 4.70. The SMILES string of the molecule is Nc1c2c(nc3ccc(NC(=O)Cc4ccccc4)cc13)CCCC2. The molecule has 4 rings (SSSR count). The number of carbonyl (C=O) groups is 1. The van der Waals surface area contributed by atoms with Crippen LogP contribution in [0.15, 0.2) is 48.5 Å². The number of aromatic nitrogens is 1. The Bertz CT molecular complexity index is 935. The summed E-state index contributed by atoms with van der Waals surface area (Å²) in [5, 5.41) is 3.90. The Labute approximate surface area is 147 Å². The fraction of sp³-hybridized carbons (Fsp3) is 0.238. The molecular weight excluding hydrogens is 310 g/mol. The summed E-state index contributed by atoms with van der Waals surface area (Å²) in [6.45, 7) is 0. The molecule has 0 aliphatic heterocycles. The molecule has 1 aliphatic carbocycles. The van der Waals surface area contributed by atoms with Gasteiger partial charge in [-0.3, -0.25) is 9.78 Å². The van der Waals surface area contributed by atoms with E-state index < -0.39 is 0 Å². The third-order valence-electron chi connectivity index (χ3n) is 4.80. The van der Waals surface area contributed by atoms with Crippen molar-refractivity contribution >= 4 is 28.2 Å². The van der Waals surface area contributed by atoms with Crippen LogP contribution in [0.5, 0.6) is 0 Å². The Balaban J connectivity index is 1.60. The number of nitrogens with two attached hydrogens (primary N) is 1. The van der Waals surface area contributed by atoms with Gasteiger partial charge in [0.05, 0.1) is 11.9 Å². The molecule has 2 aromatic carbocycles. The fourth-order valence-electron chi connectivity index (χ4n) is 3.52. The molecule has 0 saturated carbocycles. The van der Waals surface area contributed by atoms with E-state index in [1.54, 1.807) is 0 Å². The zero-order valence-corrected chi connectivity index (χ0v) is 14.1. The number of aryl methyl sites for hydroxylation is 1. The van der Waals surface area contributed by atoms with Gasteiger partial charge in [0, 0.05) is 22.5 Å². The van der Waals surface area contributed by atoms with Crippen LogP contribution >= 0.6 is 0 Å². The van der Waals surface area contributed by atoms with Crippen LogP contribution in [0.2, 0.25) is 0 Å². The van der Waals surface area contributed by atoms with Crippen molar-refractivity contribution < 1.29 is 4.79 Å². The summed E-state index contributed by atoms with van der Waals surface area (Å²) in [5.41, 5.74) is 12.2. The van der Waals surface area contributed by atoms with Crippen LogP contribution in [0, 0.1) is 0 Å². The molecule has 1 amide bonds. The minimum atomic E-state index is -0.0324. The number of nitrogen functional groups attached to an aromatic ring is 1. The summed E-state index contributed by atoms with van der Waals surface area (Å²) in [7, 11) is 0. The number of nitrogens with zero attached hydrogens (tertiary/aromatic N) is 1. The van der Waals surface area contributed by atoms with Crippen molar-refractivity contribution in [1.82, 2.24) is 4.98 Å². The van der Waals surface area contributed by atoms with Crippen molar-refractivity contribution in [3.8, 4) is 0 Å². The van der Waals surface area contributed by atoms with Crippen molar-refractivity contribution in [2.45, 2.75) is 32.1 Å². The third kappa shape index (κ3) is 3.20. The van der Waals surface area contributed by atoms with Gasteiger partial charge in [0.25, 0.3) is 0 Å². The van der Waals surface area contributed by atoms with Crippen LogP contribution in [-0.2, 0) is 24.1 Å². The highest BCUT2D eigenvalue weighted by Crippen LogP contribution is 2.32. The number of anilines is 2. The number of carbonyl (C=O) groups excluding carboxylic acids is 1. The van der Waals surface area contributed by atoms with E-state index in [0.717, 1.165) is 52.8 Å². The minimum Gasteiger partial charge on any atom is -0.398 e. The topological polar surface area (TPSA) is 68.0 Å². The van der Waals surface area contributed by atoms with E-state index in [-0.39, 0.29) is 5.91 Å². The lowest BCUT2D eigenvalue weighted by Gasteiger charge is -2.19. The lowest BCUT2D eigenvalue weighted by Crippen LogP contribution is -2.14. The fourth-order valence-corrected chi connectivity index (χ4v) is 3.52. The Morgan fingerprint density at radius 3 is 2.72 bits per heavy atom. The van der Waals surface area contributed by atoms with E-state index in [2.05, 4.69) is 5.32 Å². The van der Waals surface area contributed by atoms with Crippen molar-refractivity contribution in [2.75, 3.05) is 11.1 Å². The molecule has 25 heavy (non-hydrogen) atoms. The van der Waals surface area contributed by atoms with Gasteiger partial charge in [-0.15, -0.1) is 0 Å². The number of nitrogens with one attached hydrogen (secondary N) is 1. The summed E-state index contributed by atoms with van der Waals surface area (Å²) < 4.78 is 0. The molecule has 0 spiro atoms. The van der Waals surface area contributed by atoms with Gasteiger partial charge in [0.15, 0.2) is 0 Å². The molecule has 3 aromatic rings. The van der Waals surface area contributed by atoms with E-state index in [9.17, 15) is 4.79 Å². The smallest absolute Gasteiger partial charge is 0.228 e. The van der Waals surface area contributed by atoms with Crippen LogP contribution in [-0.4, -0.2) is 10.9 Å². The predicted octanol–water partition coefficient (Wildman–Crippen LogP) is 3.88. The van der Waals surface area contributed by atoms with Gasteiger partial charge in [-0.1, -0.05) is 30.3 Å². The average Bonchev–Trinajstić information content (AvgIpc) is 2.63. The second-order valence-electron chi connectivity index (χ2n) is 6.60. The molecule has 0 fully saturated rings. The van der Waals surface area contributed by atoms with E-state index in [1.165, 1.54) is 12.0 Å². The van der Waals surface area contributed by atoms with Crippen molar-refractivity contribution in [3.05, 3.63) is 65.4 Å². The second kappa shape index (κ2) is 6.55. The highest BCUT2D eigenvalue weighted by Gasteiger charge is 2.16. The maximum Gasteiger partial charge on any atom is 0.228 e. The van der Waals surface area contributed by atoms with Gasteiger partial charge in [0.2, 0.25) is 5.91 Å². The Morgan fingerprint density at radius 1 is 1.08 bits per heavy atom. The standard InChI is InChI=1S/C21H21N3O/c22-21-16-8-4-5-9-18(16)24-19-11-10-15(13-17(19)21)23-20(25)12-14-6-2-1-3-7-14/h1-3,6-7,10-11,13H,4-5,8-9,12H2,(H2,22,24)(H,23,25). The lowest BCUT2D eigenvalue weighted by molar-refractivity contribution is -0.115. The maximum absolute atomic E-state index is 12.3. The number of rotatable bonds is 3. The number of hydrogen-bond donors (Lipinski definition) is 2. The molecule has 1 aromatic heterocycles. The van der Waals surface area contributed by atoms with Crippen LogP contribution in [0.25, 0.3) is 10.9 Å². The molecule has 0 saturated heterocycles. The maximum atomic E-state index is 12.3. The van der Waals surface area contributed by atoms with E-state index in [4.69, 9.17) is 10.7 Å². The third-order valence-corrected chi connectivity index (χ3v) is 4.80. The van der Waals surface area contributed by atoms with Crippen molar-refractivity contribution in [2.24, 2.45) is 0 Å². The van der Waals surface area contributed by atoms with Crippen LogP contribution in [0.4, 0.5) is 11.4 Å². The molecule has 0 unspecified atom stereocenters. The molecule has 4 heteroatoms. The molecule has 0 radical (unpaired) electrons. The summed E-state index contributed by atoms with van der Waals surface area (Å²) in [4.78, 5) is 17.0. The first-order valence-electron chi connectivity index (χ1n) is 8.75. The van der Waals surface area contributed by atoms with Gasteiger partial charge >= 0.3 is 0 Å². The minimum absolute atomic E-state index is 0.0324. The molecule has 1 aliphatic rings. The predicted molar refractivity (Wildman–Crippen MR) is 102 cm³/mol. The molecular formula is C21H21N3O. The second-order valence-corrected chi connectivity index (χ2v) is 6.60. The molecule has 4 nitrogen and oxygen atoms in total. The monoisotopic (exact) mass is 331 g/mol. The van der Waals surface area contributed by atoms with Gasteiger partial charge < -0.3 is 11.1 Å². The number of fused-ring (bicyclic) bond motifs is 2. The van der Waals surface area contributed by atoms with E-state index >= 15 is 0 Å². The first-order valence-corrected chi connectivity index (χ1v) is 8.75. The first kappa shape index (κ1) is 15.6. The first-order chi connectivity index (χ1) is 12.2. The van der Waals surface area contributed by atoms with Crippen LogP contribution < -0.4 is 11.1 Å².